The first-order valence-electron chi connectivity index (χ1n) is 5.96. The molecule has 1 aromatic heterocycles. The van der Waals surface area contributed by atoms with E-state index in [4.69, 9.17) is 22.5 Å². The number of nitrogens with two attached hydrogens (primary N) is 1. The summed E-state index contributed by atoms with van der Waals surface area (Å²) in [6.07, 6.45) is 0.608. The zero-order chi connectivity index (χ0) is 15.4. The smallest absolute Gasteiger partial charge is 0.269 e. The molecule has 0 radical (unpaired) electrons. The predicted molar refractivity (Wildman–Crippen MR) is 81.2 cm³/mol. The van der Waals surface area contributed by atoms with Gasteiger partial charge in [0.05, 0.1) is 16.4 Å². The number of halogens is 1. The van der Waals surface area contributed by atoms with Crippen LogP contribution in [0.3, 0.4) is 0 Å². The Hall–Kier alpha value is -2.19. The number of carbonyl (C=O) groups is 1. The normalized spacial score (nSPS) is 11.4. The summed E-state index contributed by atoms with van der Waals surface area (Å²) < 4.78 is 3.76. The number of aromatic nitrogens is 2. The minimum atomic E-state index is -0.347. The second-order valence-corrected chi connectivity index (χ2v) is 5.20. The maximum Gasteiger partial charge on any atom is 0.269 e. The maximum atomic E-state index is 12.2. The average Bonchev–Trinajstić information content (AvgIpc) is 2.97. The first-order valence-corrected chi connectivity index (χ1v) is 7.12. The summed E-state index contributed by atoms with van der Waals surface area (Å²) in [5.41, 5.74) is 6.94. The molecule has 9 heteroatoms. The summed E-state index contributed by atoms with van der Waals surface area (Å²) in [5.74, 6) is -0.420. The Labute approximate surface area is 129 Å². The van der Waals surface area contributed by atoms with Crippen molar-refractivity contribution in [3.05, 3.63) is 39.4 Å². The van der Waals surface area contributed by atoms with E-state index in [1.54, 1.807) is 12.1 Å². The maximum absolute atomic E-state index is 12.2. The van der Waals surface area contributed by atoms with Gasteiger partial charge in [-0.25, -0.2) is 0 Å². The van der Waals surface area contributed by atoms with Crippen molar-refractivity contribution in [3.8, 4) is 0 Å². The lowest BCUT2D eigenvalue weighted by molar-refractivity contribution is 0.102. The Morgan fingerprint density at radius 1 is 1.57 bits per heavy atom. The molecule has 0 bridgehead atoms. The van der Waals surface area contributed by atoms with Crippen molar-refractivity contribution in [2.45, 2.75) is 13.3 Å². The van der Waals surface area contributed by atoms with Crippen LogP contribution < -0.4 is 11.1 Å². The van der Waals surface area contributed by atoms with Crippen LogP contribution in [0.25, 0.3) is 0 Å². The van der Waals surface area contributed by atoms with Crippen LogP contribution in [-0.2, 0) is 6.42 Å². The number of hydrogen-bond acceptors (Lipinski definition) is 6. The number of benzene rings is 1. The summed E-state index contributed by atoms with van der Waals surface area (Å²) in [7, 11) is 0. The number of rotatable bonds is 4. The summed E-state index contributed by atoms with van der Waals surface area (Å²) >= 11 is 7.06. The van der Waals surface area contributed by atoms with Crippen LogP contribution in [0.2, 0.25) is 5.02 Å². The highest BCUT2D eigenvalue weighted by atomic mass is 35.5. The standard InChI is InChI=1S/C12H12ClN5O2S/c1-2-8-10(21-18-16-8)12(19)15-9-5-6(11(14)17-20)3-4-7(9)13/h3-5,20H,2H2,1H3,(H2,14,17)(H,15,19). The van der Waals surface area contributed by atoms with Gasteiger partial charge in [-0.2, -0.15) is 0 Å². The van der Waals surface area contributed by atoms with Crippen LogP contribution in [0.4, 0.5) is 5.69 Å². The number of amides is 1. The van der Waals surface area contributed by atoms with Crippen molar-refractivity contribution in [3.63, 3.8) is 0 Å². The molecule has 4 N–H and O–H groups in total. The fourth-order valence-corrected chi connectivity index (χ4v) is 2.44. The summed E-state index contributed by atoms with van der Waals surface area (Å²) in [6, 6.07) is 4.66. The van der Waals surface area contributed by atoms with Gasteiger partial charge in [0.25, 0.3) is 5.91 Å². The lowest BCUT2D eigenvalue weighted by atomic mass is 10.2. The number of hydrogen-bond donors (Lipinski definition) is 3. The Bertz CT molecular complexity index is 701. The van der Waals surface area contributed by atoms with Gasteiger partial charge in [0, 0.05) is 5.56 Å². The molecule has 2 rings (SSSR count). The lowest BCUT2D eigenvalue weighted by Gasteiger charge is -2.08. The number of nitrogens with one attached hydrogen (secondary N) is 1. The molecule has 1 amide bonds. The second-order valence-electron chi connectivity index (χ2n) is 4.04. The molecule has 0 aliphatic carbocycles. The average molecular weight is 326 g/mol. The summed E-state index contributed by atoms with van der Waals surface area (Å²) in [4.78, 5) is 12.6. The Morgan fingerprint density at radius 2 is 2.33 bits per heavy atom. The molecule has 0 unspecified atom stereocenters. The first-order chi connectivity index (χ1) is 10.1. The number of aryl methyl sites for hydroxylation is 1. The molecular weight excluding hydrogens is 314 g/mol. The van der Waals surface area contributed by atoms with Gasteiger partial charge in [-0.3, -0.25) is 4.79 Å². The van der Waals surface area contributed by atoms with Gasteiger partial charge in [-0.15, -0.1) is 5.10 Å². The van der Waals surface area contributed by atoms with Crippen molar-refractivity contribution < 1.29 is 10.0 Å². The minimum absolute atomic E-state index is 0.0733. The van der Waals surface area contributed by atoms with Gasteiger partial charge in [-0.05, 0) is 36.2 Å². The molecule has 1 aromatic carbocycles. The minimum Gasteiger partial charge on any atom is -0.409 e. The van der Waals surface area contributed by atoms with Gasteiger partial charge >= 0.3 is 0 Å². The number of carbonyl (C=O) groups excluding carboxylic acids is 1. The van der Waals surface area contributed by atoms with E-state index in [1.807, 2.05) is 6.92 Å². The highest BCUT2D eigenvalue weighted by Gasteiger charge is 2.16. The van der Waals surface area contributed by atoms with Gasteiger partial charge in [0.1, 0.15) is 4.88 Å². The van der Waals surface area contributed by atoms with Crippen LogP contribution in [0.1, 0.15) is 27.9 Å². The van der Waals surface area contributed by atoms with Gasteiger partial charge < -0.3 is 16.3 Å². The molecule has 0 spiro atoms. The van der Waals surface area contributed by atoms with E-state index < -0.39 is 0 Å². The van der Waals surface area contributed by atoms with Crippen molar-refractivity contribution in [1.82, 2.24) is 9.59 Å². The van der Waals surface area contributed by atoms with E-state index in [9.17, 15) is 4.79 Å². The van der Waals surface area contributed by atoms with Crippen LogP contribution in [0.15, 0.2) is 23.4 Å². The first kappa shape index (κ1) is 15.2. The molecule has 1 heterocycles. The van der Waals surface area contributed by atoms with Crippen molar-refractivity contribution in [2.75, 3.05) is 5.32 Å². The van der Waals surface area contributed by atoms with Gasteiger partial charge in [0.15, 0.2) is 5.84 Å². The Morgan fingerprint density at radius 3 is 3.00 bits per heavy atom. The van der Waals surface area contributed by atoms with E-state index in [0.29, 0.717) is 33.3 Å². The summed E-state index contributed by atoms with van der Waals surface area (Å²) in [5, 5.41) is 18.5. The molecular formula is C12H12ClN5O2S. The number of amidine groups is 1. The summed E-state index contributed by atoms with van der Waals surface area (Å²) in [6.45, 7) is 1.89. The van der Waals surface area contributed by atoms with Gasteiger partial charge in [0.2, 0.25) is 0 Å². The van der Waals surface area contributed by atoms with Crippen molar-refractivity contribution in [2.24, 2.45) is 10.9 Å². The molecule has 0 aliphatic rings. The van der Waals surface area contributed by atoms with Crippen LogP contribution in [0.5, 0.6) is 0 Å². The van der Waals surface area contributed by atoms with Crippen molar-refractivity contribution >= 4 is 40.6 Å². The van der Waals surface area contributed by atoms with Crippen LogP contribution >= 0.6 is 23.1 Å². The van der Waals surface area contributed by atoms with E-state index in [2.05, 4.69) is 20.1 Å². The quantitative estimate of drug-likeness (QED) is 0.345. The van der Waals surface area contributed by atoms with E-state index in [-0.39, 0.29) is 11.7 Å². The number of anilines is 1. The molecule has 0 aliphatic heterocycles. The Kier molecular flexibility index (Phi) is 4.71. The zero-order valence-electron chi connectivity index (χ0n) is 11.0. The third-order valence-corrected chi connectivity index (χ3v) is 3.81. The molecule has 21 heavy (non-hydrogen) atoms. The number of oxime groups is 1. The fourth-order valence-electron chi connectivity index (χ4n) is 1.63. The zero-order valence-corrected chi connectivity index (χ0v) is 12.6. The third-order valence-electron chi connectivity index (χ3n) is 2.71. The fraction of sp³-hybridized carbons (Fsp3) is 0.167. The third kappa shape index (κ3) is 3.29. The molecule has 7 nitrogen and oxygen atoms in total. The number of nitrogens with zero attached hydrogens (tertiary/aromatic N) is 3. The molecule has 0 atom stereocenters. The lowest BCUT2D eigenvalue weighted by Crippen LogP contribution is -2.16. The van der Waals surface area contributed by atoms with Gasteiger partial charge in [-0.1, -0.05) is 28.2 Å². The van der Waals surface area contributed by atoms with E-state index in [0.717, 1.165) is 11.5 Å². The topological polar surface area (TPSA) is 113 Å². The molecule has 2 aromatic rings. The largest absolute Gasteiger partial charge is 0.409 e. The second kappa shape index (κ2) is 6.51. The molecule has 0 saturated carbocycles. The molecule has 110 valence electrons. The highest BCUT2D eigenvalue weighted by molar-refractivity contribution is 7.08. The van der Waals surface area contributed by atoms with Crippen LogP contribution in [-0.4, -0.2) is 26.5 Å². The van der Waals surface area contributed by atoms with E-state index >= 15 is 0 Å². The predicted octanol–water partition coefficient (Wildman–Crippen LogP) is 2.10. The highest BCUT2D eigenvalue weighted by Crippen LogP contribution is 2.24. The van der Waals surface area contributed by atoms with E-state index in [1.165, 1.54) is 6.07 Å². The SMILES string of the molecule is CCc1nnsc1C(=O)Nc1cc(/C(N)=N/O)ccc1Cl. The van der Waals surface area contributed by atoms with Crippen LogP contribution in [0, 0.1) is 0 Å². The molecule has 0 saturated heterocycles. The molecule has 0 fully saturated rings. The Balaban J connectivity index is 2.29. The van der Waals surface area contributed by atoms with Crippen molar-refractivity contribution in [1.29, 1.82) is 0 Å². The monoisotopic (exact) mass is 325 g/mol.